The molecule has 2 aromatic carbocycles. The number of nitrogens with zero attached hydrogens (tertiary/aromatic N) is 1. The number of carbonyl (C=O) groups is 3. The van der Waals surface area contributed by atoms with Gasteiger partial charge in [0, 0.05) is 15.7 Å². The van der Waals surface area contributed by atoms with Gasteiger partial charge < -0.3 is 29.6 Å². The van der Waals surface area contributed by atoms with Gasteiger partial charge in [-0.05, 0) is 52.7 Å². The van der Waals surface area contributed by atoms with Gasteiger partial charge in [-0.2, -0.15) is 5.10 Å². The molecule has 13 heteroatoms. The maximum atomic E-state index is 12.3. The Balaban J connectivity index is 1.70. The van der Waals surface area contributed by atoms with Gasteiger partial charge >= 0.3 is 12.0 Å². The molecule has 0 spiro atoms. The van der Waals surface area contributed by atoms with Gasteiger partial charge in [-0.15, -0.1) is 0 Å². The lowest BCUT2D eigenvalue weighted by Gasteiger charge is -2.28. The molecule has 3 N–H and O–H groups in total. The van der Waals surface area contributed by atoms with E-state index in [-0.39, 0.29) is 17.9 Å². The summed E-state index contributed by atoms with van der Waals surface area (Å²) in [5.41, 5.74) is 4.23. The number of hydrogen-bond acceptors (Lipinski definition) is 8. The number of halogens is 2. The zero-order chi connectivity index (χ0) is 27.1. The Kier molecular flexibility index (Phi) is 9.53. The highest BCUT2D eigenvalue weighted by Crippen LogP contribution is 2.35. The first-order valence-corrected chi connectivity index (χ1v) is 12.3. The third-order valence-electron chi connectivity index (χ3n) is 5.19. The van der Waals surface area contributed by atoms with Crippen LogP contribution in [0.5, 0.6) is 17.2 Å². The van der Waals surface area contributed by atoms with Gasteiger partial charge in [0.15, 0.2) is 18.1 Å². The molecule has 11 nitrogen and oxygen atoms in total. The van der Waals surface area contributed by atoms with Crippen molar-refractivity contribution in [3.8, 4) is 17.2 Å². The van der Waals surface area contributed by atoms with Crippen LogP contribution >= 0.6 is 31.9 Å². The molecule has 196 valence electrons. The van der Waals surface area contributed by atoms with Crippen molar-refractivity contribution in [3.05, 3.63) is 61.7 Å². The van der Waals surface area contributed by atoms with Crippen LogP contribution in [0.4, 0.5) is 4.79 Å². The van der Waals surface area contributed by atoms with Crippen LogP contribution in [-0.2, 0) is 14.3 Å². The number of hydrogen-bond donors (Lipinski definition) is 3. The summed E-state index contributed by atoms with van der Waals surface area (Å²) in [6.07, 6.45) is 1.45. The minimum atomic E-state index is -0.767. The van der Waals surface area contributed by atoms with Crippen LogP contribution in [0.25, 0.3) is 0 Å². The first-order chi connectivity index (χ1) is 17.7. The predicted molar refractivity (Wildman–Crippen MR) is 142 cm³/mol. The highest BCUT2D eigenvalue weighted by Gasteiger charge is 2.32. The molecule has 0 unspecified atom stereocenters. The Hall–Kier alpha value is -3.58. The van der Waals surface area contributed by atoms with Gasteiger partial charge in [0.2, 0.25) is 0 Å². The second-order valence-corrected chi connectivity index (χ2v) is 9.33. The van der Waals surface area contributed by atoms with Crippen LogP contribution in [0.1, 0.15) is 24.1 Å². The van der Waals surface area contributed by atoms with Crippen LogP contribution in [-0.4, -0.2) is 52.1 Å². The van der Waals surface area contributed by atoms with E-state index in [2.05, 4.69) is 53.0 Å². The average molecular weight is 640 g/mol. The fourth-order valence-electron chi connectivity index (χ4n) is 3.55. The number of hydrazone groups is 1. The molecule has 1 aliphatic heterocycles. The maximum Gasteiger partial charge on any atom is 0.337 e. The van der Waals surface area contributed by atoms with E-state index in [1.807, 2.05) is 6.07 Å². The van der Waals surface area contributed by atoms with Crippen molar-refractivity contribution >= 4 is 56.0 Å². The molecule has 3 amide bonds. The van der Waals surface area contributed by atoms with Crippen molar-refractivity contribution in [2.75, 3.05) is 27.9 Å². The number of urea groups is 1. The first-order valence-electron chi connectivity index (χ1n) is 10.7. The molecule has 3 rings (SSSR count). The summed E-state index contributed by atoms with van der Waals surface area (Å²) in [4.78, 5) is 36.6. The number of amides is 3. The van der Waals surface area contributed by atoms with Crippen molar-refractivity contribution in [3.63, 3.8) is 0 Å². The minimum absolute atomic E-state index is 0.254. The highest BCUT2D eigenvalue weighted by molar-refractivity contribution is 9.11. The van der Waals surface area contributed by atoms with Crippen molar-refractivity contribution in [2.24, 2.45) is 5.10 Å². The lowest BCUT2D eigenvalue weighted by molar-refractivity contribution is -0.136. The molecule has 0 saturated heterocycles. The smallest absolute Gasteiger partial charge is 0.337 e. The molecule has 1 atom stereocenters. The van der Waals surface area contributed by atoms with Crippen LogP contribution in [0.3, 0.4) is 0 Å². The Morgan fingerprint density at radius 1 is 1.11 bits per heavy atom. The highest BCUT2D eigenvalue weighted by atomic mass is 79.9. The normalized spacial score (nSPS) is 15.1. The number of methoxy groups -OCH3 is 3. The topological polar surface area (TPSA) is 137 Å². The van der Waals surface area contributed by atoms with Crippen LogP contribution in [0, 0.1) is 0 Å². The standard InChI is InChI=1S/C24H24Br2N4O7/c1-12-20(23(32)36-4)21(29-24(33)28-12)13-5-6-17(18(8-13)34-2)37-11-19(31)30-27-10-14-7-15(25)9-16(26)22(14)35-3/h5-10,21H,11H2,1-4H3,(H,30,31)(H2,28,29,33)/b27-10-/t21-/m1/s1. The minimum Gasteiger partial charge on any atom is -0.495 e. The maximum absolute atomic E-state index is 12.3. The molecule has 1 heterocycles. The molecule has 37 heavy (non-hydrogen) atoms. The molecular weight excluding hydrogens is 616 g/mol. The van der Waals surface area contributed by atoms with Gasteiger partial charge in [0.05, 0.1) is 43.6 Å². The van der Waals surface area contributed by atoms with Crippen molar-refractivity contribution in [1.82, 2.24) is 16.1 Å². The Morgan fingerprint density at radius 3 is 2.54 bits per heavy atom. The molecule has 0 bridgehead atoms. The van der Waals surface area contributed by atoms with E-state index in [0.29, 0.717) is 28.3 Å². The van der Waals surface area contributed by atoms with Crippen LogP contribution in [0.15, 0.2) is 55.6 Å². The zero-order valence-electron chi connectivity index (χ0n) is 20.3. The van der Waals surface area contributed by atoms with E-state index < -0.39 is 23.9 Å². The SMILES string of the molecule is COC(=O)C1=C(C)NC(=O)N[C@@H]1c1ccc(OCC(=O)N/N=C\c2cc(Br)cc(Br)c2OC)c(OC)c1. The summed E-state index contributed by atoms with van der Waals surface area (Å²) in [5.74, 6) is 0.0512. The van der Waals surface area contributed by atoms with E-state index >= 15 is 0 Å². The molecule has 0 fully saturated rings. The third kappa shape index (κ3) is 6.80. The lowest BCUT2D eigenvalue weighted by atomic mass is 9.95. The van der Waals surface area contributed by atoms with Gasteiger partial charge in [-0.25, -0.2) is 15.0 Å². The van der Waals surface area contributed by atoms with Crippen molar-refractivity contribution in [1.29, 1.82) is 0 Å². The second kappa shape index (κ2) is 12.6. The Bertz CT molecular complexity index is 1280. The van der Waals surface area contributed by atoms with Crippen molar-refractivity contribution < 1.29 is 33.3 Å². The lowest BCUT2D eigenvalue weighted by Crippen LogP contribution is -2.45. The predicted octanol–water partition coefficient (Wildman–Crippen LogP) is 3.56. The van der Waals surface area contributed by atoms with Crippen LogP contribution < -0.4 is 30.3 Å². The van der Waals surface area contributed by atoms with Crippen LogP contribution in [0.2, 0.25) is 0 Å². The summed E-state index contributed by atoms with van der Waals surface area (Å²) >= 11 is 6.80. The third-order valence-corrected chi connectivity index (χ3v) is 6.24. The molecule has 0 aliphatic carbocycles. The molecule has 0 aromatic heterocycles. The molecule has 0 saturated carbocycles. The van der Waals surface area contributed by atoms with E-state index in [9.17, 15) is 14.4 Å². The quantitative estimate of drug-likeness (QED) is 0.217. The number of esters is 1. The van der Waals surface area contributed by atoms with Gasteiger partial charge in [0.25, 0.3) is 5.91 Å². The zero-order valence-corrected chi connectivity index (χ0v) is 23.5. The van der Waals surface area contributed by atoms with Gasteiger partial charge in [-0.3, -0.25) is 4.79 Å². The van der Waals surface area contributed by atoms with E-state index in [0.717, 1.165) is 8.95 Å². The number of rotatable bonds is 9. The monoisotopic (exact) mass is 638 g/mol. The molecular formula is C24H24Br2N4O7. The summed E-state index contributed by atoms with van der Waals surface area (Å²) in [6, 6.07) is 7.22. The number of benzene rings is 2. The average Bonchev–Trinajstić information content (AvgIpc) is 2.86. The summed E-state index contributed by atoms with van der Waals surface area (Å²) < 4.78 is 22.7. The van der Waals surface area contributed by atoms with Crippen molar-refractivity contribution in [2.45, 2.75) is 13.0 Å². The van der Waals surface area contributed by atoms with Gasteiger partial charge in [0.1, 0.15) is 5.75 Å². The largest absolute Gasteiger partial charge is 0.495 e. The van der Waals surface area contributed by atoms with E-state index in [4.69, 9.17) is 18.9 Å². The Labute approximate surface area is 229 Å². The first kappa shape index (κ1) is 28.0. The summed E-state index contributed by atoms with van der Waals surface area (Å²) in [6.45, 7) is 1.27. The molecule has 1 aliphatic rings. The molecule has 2 aromatic rings. The Morgan fingerprint density at radius 2 is 1.86 bits per heavy atom. The number of allylic oxidation sites excluding steroid dienone is 1. The van der Waals surface area contributed by atoms with E-state index in [1.54, 1.807) is 31.2 Å². The number of carbonyl (C=O) groups excluding carboxylic acids is 3. The number of nitrogens with one attached hydrogen (secondary N) is 3. The fraction of sp³-hybridized carbons (Fsp3) is 0.250. The van der Waals surface area contributed by atoms with Gasteiger partial charge in [-0.1, -0.05) is 22.0 Å². The second-order valence-electron chi connectivity index (χ2n) is 7.56. The summed E-state index contributed by atoms with van der Waals surface area (Å²) in [5, 5.41) is 9.22. The molecule has 0 radical (unpaired) electrons. The fourth-order valence-corrected chi connectivity index (χ4v) is 4.97. The van der Waals surface area contributed by atoms with E-state index in [1.165, 1.54) is 27.5 Å². The summed E-state index contributed by atoms with van der Waals surface area (Å²) in [7, 11) is 4.23. The number of ether oxygens (including phenoxy) is 4.